The lowest BCUT2D eigenvalue weighted by Gasteiger charge is -2.08. The molecule has 0 aliphatic carbocycles. The number of aromatic carboxylic acids is 2. The number of hydrogen-bond donors (Lipinski definition) is 3. The highest BCUT2D eigenvalue weighted by atomic mass is 16.4. The van der Waals surface area contributed by atoms with Gasteiger partial charge in [0.15, 0.2) is 0 Å². The number of benzene rings is 3. The molecule has 0 bridgehead atoms. The van der Waals surface area contributed by atoms with Crippen LogP contribution in [-0.2, 0) is 25.7 Å². The zero-order valence-electron chi connectivity index (χ0n) is 15.8. The van der Waals surface area contributed by atoms with Gasteiger partial charge in [-0.05, 0) is 84.3 Å². The molecule has 0 aliphatic heterocycles. The van der Waals surface area contributed by atoms with Crippen molar-refractivity contribution in [2.24, 2.45) is 0 Å². The molecule has 0 fully saturated rings. The fourth-order valence-corrected chi connectivity index (χ4v) is 3.24. The summed E-state index contributed by atoms with van der Waals surface area (Å²) in [4.78, 5) is 21.8. The minimum Gasteiger partial charge on any atom is -0.508 e. The molecule has 0 saturated heterocycles. The van der Waals surface area contributed by atoms with Crippen molar-refractivity contribution in [2.45, 2.75) is 25.7 Å². The maximum Gasteiger partial charge on any atom is 0.335 e. The number of hydrogen-bond acceptors (Lipinski definition) is 3. The highest BCUT2D eigenvalue weighted by molar-refractivity contribution is 5.87. The van der Waals surface area contributed by atoms with Crippen LogP contribution >= 0.6 is 0 Å². The Bertz CT molecular complexity index is 925. The largest absolute Gasteiger partial charge is 0.508 e. The maximum absolute atomic E-state index is 10.9. The summed E-state index contributed by atoms with van der Waals surface area (Å²) in [5, 5.41) is 28.0. The van der Waals surface area contributed by atoms with Gasteiger partial charge in [0.1, 0.15) is 5.75 Å². The molecule has 3 N–H and O–H groups in total. The average Bonchev–Trinajstić information content (AvgIpc) is 2.71. The van der Waals surface area contributed by atoms with Crippen LogP contribution in [0.15, 0.2) is 66.7 Å². The lowest BCUT2D eigenvalue weighted by Crippen LogP contribution is -1.99. The van der Waals surface area contributed by atoms with E-state index in [1.165, 1.54) is 0 Å². The maximum atomic E-state index is 10.9. The topological polar surface area (TPSA) is 94.8 Å². The van der Waals surface area contributed by atoms with Crippen LogP contribution in [0.3, 0.4) is 0 Å². The van der Waals surface area contributed by atoms with Gasteiger partial charge in [0.05, 0.1) is 11.1 Å². The molecule has 29 heavy (non-hydrogen) atoms. The van der Waals surface area contributed by atoms with E-state index in [1.54, 1.807) is 36.4 Å². The van der Waals surface area contributed by atoms with Gasteiger partial charge in [0.25, 0.3) is 0 Å². The van der Waals surface area contributed by atoms with Crippen molar-refractivity contribution in [2.75, 3.05) is 0 Å². The minimum absolute atomic E-state index is 0.222. The van der Waals surface area contributed by atoms with Crippen LogP contribution in [0.5, 0.6) is 5.75 Å². The average molecular weight is 390 g/mol. The summed E-state index contributed by atoms with van der Waals surface area (Å²) in [6, 6.07) is 19.2. The second-order valence-corrected chi connectivity index (χ2v) is 7.01. The van der Waals surface area contributed by atoms with Gasteiger partial charge in [-0.25, -0.2) is 9.59 Å². The Morgan fingerprint density at radius 3 is 1.24 bits per heavy atom. The Morgan fingerprint density at radius 1 is 0.552 bits per heavy atom. The fraction of sp³-hybridized carbons (Fsp3) is 0.167. The van der Waals surface area contributed by atoms with E-state index in [9.17, 15) is 14.7 Å². The van der Waals surface area contributed by atoms with Crippen LogP contribution in [0.2, 0.25) is 0 Å². The molecular formula is C24H22O5. The molecule has 0 atom stereocenters. The van der Waals surface area contributed by atoms with Crippen molar-refractivity contribution in [3.05, 3.63) is 100 Å². The van der Waals surface area contributed by atoms with Gasteiger partial charge in [0, 0.05) is 0 Å². The zero-order valence-corrected chi connectivity index (χ0v) is 15.8. The summed E-state index contributed by atoms with van der Waals surface area (Å²) in [5.41, 5.74) is 4.65. The third kappa shape index (κ3) is 5.69. The molecule has 0 amide bonds. The molecule has 3 aromatic rings. The van der Waals surface area contributed by atoms with Crippen molar-refractivity contribution in [1.29, 1.82) is 0 Å². The van der Waals surface area contributed by atoms with Crippen molar-refractivity contribution in [3.8, 4) is 5.75 Å². The molecule has 0 spiro atoms. The third-order valence-corrected chi connectivity index (χ3v) is 4.84. The van der Waals surface area contributed by atoms with Crippen LogP contribution in [0, 0.1) is 0 Å². The van der Waals surface area contributed by atoms with E-state index in [-0.39, 0.29) is 16.9 Å². The Kier molecular flexibility index (Phi) is 6.29. The van der Waals surface area contributed by atoms with E-state index >= 15 is 0 Å². The lowest BCUT2D eigenvalue weighted by molar-refractivity contribution is 0.0686. The SMILES string of the molecule is O=C(O)c1ccc(CCc2cc(O)cc(CCc3ccc(C(=O)O)cc3)c2)cc1. The highest BCUT2D eigenvalue weighted by Gasteiger charge is 2.06. The normalized spacial score (nSPS) is 10.6. The van der Waals surface area contributed by atoms with E-state index in [2.05, 4.69) is 6.07 Å². The smallest absolute Gasteiger partial charge is 0.335 e. The molecule has 0 saturated carbocycles. The first-order valence-corrected chi connectivity index (χ1v) is 9.37. The van der Waals surface area contributed by atoms with Gasteiger partial charge in [-0.15, -0.1) is 0 Å². The molecule has 5 nitrogen and oxygen atoms in total. The molecule has 0 aromatic heterocycles. The number of phenols is 1. The third-order valence-electron chi connectivity index (χ3n) is 4.84. The van der Waals surface area contributed by atoms with E-state index in [1.807, 2.05) is 24.3 Å². The summed E-state index contributed by atoms with van der Waals surface area (Å²) < 4.78 is 0. The van der Waals surface area contributed by atoms with Crippen molar-refractivity contribution in [3.63, 3.8) is 0 Å². The summed E-state index contributed by atoms with van der Waals surface area (Å²) in [6.45, 7) is 0. The fourth-order valence-electron chi connectivity index (χ4n) is 3.24. The van der Waals surface area contributed by atoms with E-state index in [0.717, 1.165) is 47.9 Å². The number of carbonyl (C=O) groups is 2. The van der Waals surface area contributed by atoms with E-state index in [4.69, 9.17) is 10.2 Å². The number of aromatic hydroxyl groups is 1. The van der Waals surface area contributed by atoms with Gasteiger partial charge in [-0.1, -0.05) is 30.3 Å². The van der Waals surface area contributed by atoms with Gasteiger partial charge in [0.2, 0.25) is 0 Å². The van der Waals surface area contributed by atoms with Crippen LogP contribution in [-0.4, -0.2) is 27.3 Å². The summed E-state index contributed by atoms with van der Waals surface area (Å²) in [5.74, 6) is -1.65. The summed E-state index contributed by atoms with van der Waals surface area (Å²) >= 11 is 0. The number of rotatable bonds is 8. The molecule has 0 radical (unpaired) electrons. The number of aryl methyl sites for hydroxylation is 4. The van der Waals surface area contributed by atoms with Gasteiger partial charge in [-0.3, -0.25) is 0 Å². The van der Waals surface area contributed by atoms with Crippen molar-refractivity contribution < 1.29 is 24.9 Å². The highest BCUT2D eigenvalue weighted by Crippen LogP contribution is 2.20. The quantitative estimate of drug-likeness (QED) is 0.531. The van der Waals surface area contributed by atoms with Crippen LogP contribution in [0.1, 0.15) is 43.0 Å². The molecule has 5 heteroatoms. The van der Waals surface area contributed by atoms with Crippen LogP contribution in [0.4, 0.5) is 0 Å². The van der Waals surface area contributed by atoms with Crippen molar-refractivity contribution in [1.82, 2.24) is 0 Å². The number of phenolic OH excluding ortho intramolecular Hbond substituents is 1. The predicted octanol–water partition coefficient (Wildman–Crippen LogP) is 4.36. The predicted molar refractivity (Wildman–Crippen MR) is 110 cm³/mol. The Labute approximate surface area is 168 Å². The Hall–Kier alpha value is -3.60. The first kappa shape index (κ1) is 20.1. The van der Waals surface area contributed by atoms with E-state index in [0.29, 0.717) is 0 Å². The molecule has 3 aromatic carbocycles. The van der Waals surface area contributed by atoms with E-state index < -0.39 is 11.9 Å². The second kappa shape index (κ2) is 9.06. The zero-order chi connectivity index (χ0) is 20.8. The molecule has 0 aliphatic rings. The van der Waals surface area contributed by atoms with Gasteiger partial charge < -0.3 is 15.3 Å². The molecule has 0 heterocycles. The molecule has 148 valence electrons. The first-order valence-electron chi connectivity index (χ1n) is 9.37. The van der Waals surface area contributed by atoms with Crippen LogP contribution < -0.4 is 0 Å². The van der Waals surface area contributed by atoms with Gasteiger partial charge >= 0.3 is 11.9 Å². The monoisotopic (exact) mass is 390 g/mol. The summed E-state index contributed by atoms with van der Waals surface area (Å²) in [6.07, 6.45) is 2.97. The lowest BCUT2D eigenvalue weighted by atomic mass is 9.98. The second-order valence-electron chi connectivity index (χ2n) is 7.01. The van der Waals surface area contributed by atoms with Gasteiger partial charge in [-0.2, -0.15) is 0 Å². The summed E-state index contributed by atoms with van der Waals surface area (Å²) in [7, 11) is 0. The molecular weight excluding hydrogens is 368 g/mol. The minimum atomic E-state index is -0.938. The van der Waals surface area contributed by atoms with Crippen LogP contribution in [0.25, 0.3) is 0 Å². The molecule has 0 unspecified atom stereocenters. The number of carboxylic acid groups (broad SMARTS) is 2. The standard InChI is InChI=1S/C24H22O5/c25-22-14-18(3-1-16-5-9-20(10-6-16)23(26)27)13-19(15-22)4-2-17-7-11-21(12-8-17)24(28)29/h5-15,25H,1-4H2,(H,26,27)(H,28,29). The molecule has 3 rings (SSSR count). The Balaban J connectivity index is 1.61. The first-order chi connectivity index (χ1) is 13.9. The number of carboxylic acids is 2. The Morgan fingerprint density at radius 2 is 0.897 bits per heavy atom. The van der Waals surface area contributed by atoms with Crippen molar-refractivity contribution >= 4 is 11.9 Å².